The molecule has 5 nitrogen and oxygen atoms in total. The predicted octanol–water partition coefficient (Wildman–Crippen LogP) is 18.7. The van der Waals surface area contributed by atoms with Crippen LogP contribution in [0.1, 0.15) is 22.3 Å². The van der Waals surface area contributed by atoms with Crippen molar-refractivity contribution >= 4 is 75.4 Å². The Hall–Kier alpha value is -9.75. The van der Waals surface area contributed by atoms with E-state index in [0.717, 1.165) is 77.1 Å². The lowest BCUT2D eigenvalue weighted by Gasteiger charge is -2.32. The minimum atomic E-state index is -0.437. The van der Waals surface area contributed by atoms with Gasteiger partial charge in [0.15, 0.2) is 17.5 Å². The molecule has 15 aromatic rings. The van der Waals surface area contributed by atoms with Crippen LogP contribution >= 0.6 is 11.3 Å². The van der Waals surface area contributed by atoms with Gasteiger partial charge in [0.2, 0.25) is 0 Å². The van der Waals surface area contributed by atoms with Crippen LogP contribution in [-0.2, 0) is 5.41 Å². The number of aromatic nitrogens is 3. The molecule has 6 heteroatoms. The van der Waals surface area contributed by atoms with Crippen LogP contribution in [0.5, 0.6) is 0 Å². The summed E-state index contributed by atoms with van der Waals surface area (Å²) >= 11 is 1.79. The molecule has 17 rings (SSSR count). The molecule has 0 N–H and O–H groups in total. The first-order chi connectivity index (χ1) is 37.7. The Morgan fingerprint density at radius 3 is 1.53 bits per heavy atom. The number of para-hydroxylation sites is 1. The maximum absolute atomic E-state index is 6.67. The van der Waals surface area contributed by atoms with Crippen LogP contribution in [0.4, 0.5) is 0 Å². The van der Waals surface area contributed by atoms with Crippen LogP contribution in [0, 0.1) is 0 Å². The molecule has 0 amide bonds. The standard InChI is InChI=1S/C70H39N3O2S/c1-6-23-55-45(14-1)46-15-2-7-24-56(46)70(55)57-25-8-3-16-47(57)49-20-11-19-44(66(49)70)41-32-30-40(31-33-41)42-34-36-60-54(38-42)64-51(21-12-27-61(64)75-60)68-71-67(43-35-37-59-53(39-43)48-17-4-9-26-58(48)74-59)72-69(73-68)52-22-13-29-63-65(52)50-18-5-10-28-62(50)76-63/h1-39H. The summed E-state index contributed by atoms with van der Waals surface area (Å²) in [6.07, 6.45) is 0. The summed E-state index contributed by atoms with van der Waals surface area (Å²) in [7, 11) is 0. The van der Waals surface area contributed by atoms with E-state index in [1.54, 1.807) is 11.3 Å². The second-order valence-electron chi connectivity index (χ2n) is 20.1. The molecule has 2 aliphatic carbocycles. The molecular weight excluding hydrogens is 947 g/mol. The number of hydrogen-bond acceptors (Lipinski definition) is 6. The highest BCUT2D eigenvalue weighted by molar-refractivity contribution is 7.25. The van der Waals surface area contributed by atoms with E-state index in [1.165, 1.54) is 70.4 Å². The van der Waals surface area contributed by atoms with E-state index in [9.17, 15) is 0 Å². The molecule has 352 valence electrons. The molecule has 4 heterocycles. The highest BCUT2D eigenvalue weighted by atomic mass is 32.1. The van der Waals surface area contributed by atoms with Crippen LogP contribution < -0.4 is 0 Å². The van der Waals surface area contributed by atoms with Gasteiger partial charge >= 0.3 is 0 Å². The second kappa shape index (κ2) is 15.6. The van der Waals surface area contributed by atoms with Gasteiger partial charge in [0.05, 0.1) is 5.41 Å². The number of rotatable bonds is 5. The van der Waals surface area contributed by atoms with Gasteiger partial charge in [0.25, 0.3) is 0 Å². The molecule has 1 spiro atoms. The average Bonchev–Trinajstić information content (AvgIpc) is 4.46. The lowest BCUT2D eigenvalue weighted by molar-refractivity contribution is 0.668. The van der Waals surface area contributed by atoms with Gasteiger partial charge in [-0.15, -0.1) is 11.3 Å². The van der Waals surface area contributed by atoms with Gasteiger partial charge in [-0.25, -0.2) is 15.0 Å². The van der Waals surface area contributed by atoms with Crippen molar-refractivity contribution in [1.82, 2.24) is 15.0 Å². The summed E-state index contributed by atoms with van der Waals surface area (Å²) in [6, 6.07) is 85.1. The summed E-state index contributed by atoms with van der Waals surface area (Å²) in [5, 5.41) is 6.33. The van der Waals surface area contributed by atoms with Crippen LogP contribution in [0.2, 0.25) is 0 Å². The summed E-state index contributed by atoms with van der Waals surface area (Å²) in [5.41, 5.74) is 20.7. The van der Waals surface area contributed by atoms with E-state index >= 15 is 0 Å². The first-order valence-electron chi connectivity index (χ1n) is 25.7. The van der Waals surface area contributed by atoms with E-state index in [4.69, 9.17) is 23.8 Å². The third kappa shape index (κ3) is 5.76. The number of nitrogens with zero attached hydrogens (tertiary/aromatic N) is 3. The van der Waals surface area contributed by atoms with E-state index in [-0.39, 0.29) is 0 Å². The van der Waals surface area contributed by atoms with Crippen molar-refractivity contribution in [3.05, 3.63) is 259 Å². The molecular formula is C70H39N3O2S. The third-order valence-electron chi connectivity index (χ3n) is 16.2. The fourth-order valence-electron chi connectivity index (χ4n) is 13.0. The maximum Gasteiger partial charge on any atom is 0.164 e. The Balaban J connectivity index is 0.818. The van der Waals surface area contributed by atoms with Crippen LogP contribution in [-0.4, -0.2) is 15.0 Å². The lowest BCUT2D eigenvalue weighted by Crippen LogP contribution is -2.26. The van der Waals surface area contributed by atoms with E-state index in [0.29, 0.717) is 17.5 Å². The van der Waals surface area contributed by atoms with Crippen LogP contribution in [0.15, 0.2) is 245 Å². The number of furan rings is 2. The molecule has 4 aromatic heterocycles. The summed E-state index contributed by atoms with van der Waals surface area (Å²) in [4.78, 5) is 16.1. The van der Waals surface area contributed by atoms with E-state index in [2.05, 4.69) is 200 Å². The number of benzene rings is 11. The van der Waals surface area contributed by atoms with Gasteiger partial charge in [-0.3, -0.25) is 0 Å². The Morgan fingerprint density at radius 2 is 0.763 bits per heavy atom. The molecule has 2 aliphatic rings. The first kappa shape index (κ1) is 41.7. The fraction of sp³-hybridized carbons (Fsp3) is 0.0143. The Morgan fingerprint density at radius 1 is 0.289 bits per heavy atom. The summed E-state index contributed by atoms with van der Waals surface area (Å²) in [5.74, 6) is 1.76. The second-order valence-corrected chi connectivity index (χ2v) is 21.2. The molecule has 76 heavy (non-hydrogen) atoms. The average molecular weight is 986 g/mol. The number of hydrogen-bond donors (Lipinski definition) is 0. The minimum Gasteiger partial charge on any atom is -0.456 e. The van der Waals surface area contributed by atoms with Crippen molar-refractivity contribution in [2.75, 3.05) is 0 Å². The molecule has 0 saturated heterocycles. The van der Waals surface area contributed by atoms with Gasteiger partial charge in [-0.05, 0) is 121 Å². The quantitative estimate of drug-likeness (QED) is 0.172. The van der Waals surface area contributed by atoms with Crippen LogP contribution in [0.3, 0.4) is 0 Å². The zero-order chi connectivity index (χ0) is 49.6. The van der Waals surface area contributed by atoms with E-state index < -0.39 is 5.41 Å². The largest absolute Gasteiger partial charge is 0.456 e. The van der Waals surface area contributed by atoms with Crippen molar-refractivity contribution in [2.24, 2.45) is 0 Å². The van der Waals surface area contributed by atoms with Gasteiger partial charge in [0.1, 0.15) is 22.3 Å². The Labute approximate surface area is 439 Å². The highest BCUT2D eigenvalue weighted by Crippen LogP contribution is 2.64. The fourth-order valence-corrected chi connectivity index (χ4v) is 14.1. The van der Waals surface area contributed by atoms with Gasteiger partial charge < -0.3 is 8.83 Å². The normalized spacial score (nSPS) is 13.1. The van der Waals surface area contributed by atoms with Gasteiger partial charge in [-0.1, -0.05) is 182 Å². The minimum absolute atomic E-state index is 0.437. The number of fused-ring (bicyclic) bond motifs is 19. The van der Waals surface area contributed by atoms with Crippen molar-refractivity contribution in [2.45, 2.75) is 5.41 Å². The van der Waals surface area contributed by atoms with E-state index in [1.807, 2.05) is 36.4 Å². The van der Waals surface area contributed by atoms with Crippen molar-refractivity contribution in [3.63, 3.8) is 0 Å². The molecule has 0 bridgehead atoms. The molecule has 0 unspecified atom stereocenters. The van der Waals surface area contributed by atoms with Crippen LogP contribution in [0.25, 0.3) is 143 Å². The zero-order valence-electron chi connectivity index (χ0n) is 40.6. The SMILES string of the molecule is c1ccc2c(c1)-c1ccccc1C21c2ccccc2-c2cccc(-c3ccc(-c4ccc5oc6cccc(-c7nc(-c8ccc9oc%10ccccc%10c9c8)nc(-c8cccc9sc%10ccccc%10c89)n7)c6c5c4)cc3)c21. The molecule has 0 fully saturated rings. The molecule has 0 atom stereocenters. The molecule has 0 radical (unpaired) electrons. The zero-order valence-corrected chi connectivity index (χ0v) is 41.4. The smallest absolute Gasteiger partial charge is 0.164 e. The predicted molar refractivity (Wildman–Crippen MR) is 311 cm³/mol. The molecule has 0 saturated carbocycles. The molecule has 0 aliphatic heterocycles. The summed E-state index contributed by atoms with van der Waals surface area (Å²) < 4.78 is 15.3. The third-order valence-corrected chi connectivity index (χ3v) is 17.3. The number of thiophene rings is 1. The Kier molecular flexibility index (Phi) is 8.58. The first-order valence-corrected chi connectivity index (χ1v) is 26.5. The molecule has 11 aromatic carbocycles. The van der Waals surface area contributed by atoms with Crippen molar-refractivity contribution in [1.29, 1.82) is 0 Å². The van der Waals surface area contributed by atoms with Crippen molar-refractivity contribution in [3.8, 4) is 78.7 Å². The monoisotopic (exact) mass is 985 g/mol. The Bertz CT molecular complexity index is 4900. The van der Waals surface area contributed by atoms with Crippen molar-refractivity contribution < 1.29 is 8.83 Å². The van der Waals surface area contributed by atoms with Gasteiger partial charge in [-0.2, -0.15) is 0 Å². The topological polar surface area (TPSA) is 65.0 Å². The maximum atomic E-state index is 6.67. The lowest BCUT2D eigenvalue weighted by atomic mass is 9.68. The highest BCUT2D eigenvalue weighted by Gasteiger charge is 2.52. The van der Waals surface area contributed by atoms with Gasteiger partial charge in [0, 0.05) is 58.4 Å². The summed E-state index contributed by atoms with van der Waals surface area (Å²) in [6.45, 7) is 0.